The number of halogens is 1. The molecular formula is C12H9ClN4. The van der Waals surface area contributed by atoms with E-state index in [0.717, 1.165) is 11.3 Å². The van der Waals surface area contributed by atoms with Crippen LogP contribution >= 0.6 is 11.6 Å². The molecule has 0 amide bonds. The normalized spacial score (nSPS) is 10.9. The molecule has 0 radical (unpaired) electrons. The van der Waals surface area contributed by atoms with Crippen LogP contribution in [0.1, 0.15) is 0 Å². The van der Waals surface area contributed by atoms with E-state index in [0.29, 0.717) is 16.5 Å². The number of hydrogen-bond acceptors (Lipinski definition) is 3. The van der Waals surface area contributed by atoms with Crippen molar-refractivity contribution in [1.82, 2.24) is 14.4 Å². The molecule has 4 nitrogen and oxygen atoms in total. The lowest BCUT2D eigenvalue weighted by atomic mass is 10.2. The van der Waals surface area contributed by atoms with Gasteiger partial charge in [-0.3, -0.25) is 4.40 Å². The molecule has 0 bridgehead atoms. The molecule has 17 heavy (non-hydrogen) atoms. The molecule has 0 spiro atoms. The standard InChI is InChI=1S/C12H9ClN4/c13-10-4-2-1-3-9(10)11-6-16-12-15-5-8(14)7-17(11)12/h1-7H,14H2. The summed E-state index contributed by atoms with van der Waals surface area (Å²) in [4.78, 5) is 8.36. The number of nitrogen functional groups attached to an aromatic ring is 1. The van der Waals surface area contributed by atoms with E-state index < -0.39 is 0 Å². The minimum atomic E-state index is 0.587. The van der Waals surface area contributed by atoms with Gasteiger partial charge in [0.25, 0.3) is 0 Å². The van der Waals surface area contributed by atoms with Gasteiger partial charge in [-0.2, -0.15) is 0 Å². The first-order chi connectivity index (χ1) is 8.25. The second-order valence-corrected chi connectivity index (χ2v) is 4.09. The minimum Gasteiger partial charge on any atom is -0.396 e. The van der Waals surface area contributed by atoms with Gasteiger partial charge in [0.05, 0.1) is 23.8 Å². The lowest BCUT2D eigenvalue weighted by molar-refractivity contribution is 1.12. The topological polar surface area (TPSA) is 56.2 Å². The van der Waals surface area contributed by atoms with Gasteiger partial charge in [-0.25, -0.2) is 9.97 Å². The van der Waals surface area contributed by atoms with Crippen LogP contribution in [0.15, 0.2) is 42.9 Å². The molecule has 0 aliphatic heterocycles. The summed E-state index contributed by atoms with van der Waals surface area (Å²) >= 11 is 6.16. The molecule has 3 aromatic rings. The number of fused-ring (bicyclic) bond motifs is 1. The Balaban J connectivity index is 2.31. The van der Waals surface area contributed by atoms with Crippen molar-refractivity contribution < 1.29 is 0 Å². The van der Waals surface area contributed by atoms with Crippen molar-refractivity contribution in [3.05, 3.63) is 47.9 Å². The van der Waals surface area contributed by atoms with E-state index in [9.17, 15) is 0 Å². The van der Waals surface area contributed by atoms with Crippen LogP contribution in [0.3, 0.4) is 0 Å². The van der Waals surface area contributed by atoms with Crippen LogP contribution in [0.25, 0.3) is 17.0 Å². The first kappa shape index (κ1) is 10.1. The van der Waals surface area contributed by atoms with Crippen molar-refractivity contribution in [3.63, 3.8) is 0 Å². The van der Waals surface area contributed by atoms with Crippen molar-refractivity contribution in [2.75, 3.05) is 5.73 Å². The minimum absolute atomic E-state index is 0.587. The Hall–Kier alpha value is -2.07. The average Bonchev–Trinajstić information content (AvgIpc) is 2.72. The fraction of sp³-hybridized carbons (Fsp3) is 0. The second-order valence-electron chi connectivity index (χ2n) is 3.68. The summed E-state index contributed by atoms with van der Waals surface area (Å²) < 4.78 is 1.83. The molecule has 5 heteroatoms. The smallest absolute Gasteiger partial charge is 0.234 e. The predicted octanol–water partition coefficient (Wildman–Crippen LogP) is 2.63. The average molecular weight is 245 g/mol. The Morgan fingerprint density at radius 1 is 1.12 bits per heavy atom. The number of anilines is 1. The fourth-order valence-electron chi connectivity index (χ4n) is 1.76. The largest absolute Gasteiger partial charge is 0.396 e. The number of benzene rings is 1. The Morgan fingerprint density at radius 2 is 1.88 bits per heavy atom. The third-order valence-electron chi connectivity index (χ3n) is 2.53. The van der Waals surface area contributed by atoms with Crippen molar-refractivity contribution in [2.24, 2.45) is 0 Å². The second kappa shape index (κ2) is 3.75. The van der Waals surface area contributed by atoms with Gasteiger partial charge in [0.15, 0.2) is 0 Å². The first-order valence-electron chi connectivity index (χ1n) is 5.09. The maximum absolute atomic E-state index is 6.16. The quantitative estimate of drug-likeness (QED) is 0.716. The van der Waals surface area contributed by atoms with E-state index >= 15 is 0 Å². The molecule has 84 valence electrons. The molecule has 0 atom stereocenters. The van der Waals surface area contributed by atoms with Crippen LogP contribution in [0, 0.1) is 0 Å². The maximum atomic E-state index is 6.16. The molecule has 2 N–H and O–H groups in total. The number of nitrogens with zero attached hydrogens (tertiary/aromatic N) is 3. The van der Waals surface area contributed by atoms with E-state index in [2.05, 4.69) is 9.97 Å². The molecule has 0 aliphatic rings. The van der Waals surface area contributed by atoms with Crippen LogP contribution in [-0.2, 0) is 0 Å². The van der Waals surface area contributed by atoms with Crippen molar-refractivity contribution in [3.8, 4) is 11.3 Å². The van der Waals surface area contributed by atoms with Crippen molar-refractivity contribution >= 4 is 23.1 Å². The Kier molecular flexibility index (Phi) is 2.23. The third kappa shape index (κ3) is 1.62. The maximum Gasteiger partial charge on any atom is 0.234 e. The zero-order valence-corrected chi connectivity index (χ0v) is 9.59. The summed E-state index contributed by atoms with van der Waals surface area (Å²) in [6.07, 6.45) is 5.11. The van der Waals surface area contributed by atoms with E-state index in [1.807, 2.05) is 28.7 Å². The zero-order valence-electron chi connectivity index (χ0n) is 8.84. The van der Waals surface area contributed by atoms with E-state index in [1.54, 1.807) is 18.6 Å². The molecule has 0 saturated carbocycles. The number of rotatable bonds is 1. The van der Waals surface area contributed by atoms with Gasteiger partial charge < -0.3 is 5.73 Å². The third-order valence-corrected chi connectivity index (χ3v) is 2.86. The van der Waals surface area contributed by atoms with Crippen LogP contribution in [0.4, 0.5) is 5.69 Å². The molecular weight excluding hydrogens is 236 g/mol. The molecule has 0 aliphatic carbocycles. The van der Waals surface area contributed by atoms with E-state index in [1.165, 1.54) is 0 Å². The molecule has 2 heterocycles. The van der Waals surface area contributed by atoms with Gasteiger partial charge in [-0.15, -0.1) is 0 Å². The molecule has 2 aromatic heterocycles. The lowest BCUT2D eigenvalue weighted by Crippen LogP contribution is -1.95. The van der Waals surface area contributed by atoms with E-state index in [4.69, 9.17) is 17.3 Å². The summed E-state index contributed by atoms with van der Waals surface area (Å²) in [7, 11) is 0. The molecule has 0 fully saturated rings. The SMILES string of the molecule is Nc1cnc2ncc(-c3ccccc3Cl)n2c1. The zero-order chi connectivity index (χ0) is 11.8. The summed E-state index contributed by atoms with van der Waals surface area (Å²) in [6.45, 7) is 0. The number of aromatic nitrogens is 3. The van der Waals surface area contributed by atoms with Gasteiger partial charge in [-0.05, 0) is 6.07 Å². The Morgan fingerprint density at radius 3 is 2.71 bits per heavy atom. The van der Waals surface area contributed by atoms with Gasteiger partial charge in [0.2, 0.25) is 5.78 Å². The summed E-state index contributed by atoms with van der Waals surface area (Å²) in [5.41, 5.74) is 8.10. The van der Waals surface area contributed by atoms with Gasteiger partial charge in [0, 0.05) is 16.8 Å². The highest BCUT2D eigenvalue weighted by Gasteiger charge is 2.09. The number of imidazole rings is 1. The van der Waals surface area contributed by atoms with Crippen LogP contribution in [-0.4, -0.2) is 14.4 Å². The monoisotopic (exact) mass is 244 g/mol. The molecule has 0 saturated heterocycles. The lowest BCUT2D eigenvalue weighted by Gasteiger charge is -2.04. The van der Waals surface area contributed by atoms with Crippen LogP contribution in [0.5, 0.6) is 0 Å². The summed E-state index contributed by atoms with van der Waals surface area (Å²) in [5, 5.41) is 0.678. The summed E-state index contributed by atoms with van der Waals surface area (Å²) in [6, 6.07) is 7.60. The van der Waals surface area contributed by atoms with Crippen LogP contribution in [0.2, 0.25) is 5.02 Å². The van der Waals surface area contributed by atoms with Gasteiger partial charge in [0.1, 0.15) is 0 Å². The molecule has 0 unspecified atom stereocenters. The number of hydrogen-bond donors (Lipinski definition) is 1. The Labute approximate surface area is 103 Å². The fourth-order valence-corrected chi connectivity index (χ4v) is 1.99. The Bertz CT molecular complexity index is 690. The van der Waals surface area contributed by atoms with Crippen molar-refractivity contribution in [1.29, 1.82) is 0 Å². The first-order valence-corrected chi connectivity index (χ1v) is 5.47. The summed E-state index contributed by atoms with van der Waals surface area (Å²) in [5.74, 6) is 0.606. The van der Waals surface area contributed by atoms with Gasteiger partial charge >= 0.3 is 0 Å². The molecule has 1 aromatic carbocycles. The highest BCUT2D eigenvalue weighted by molar-refractivity contribution is 6.33. The predicted molar refractivity (Wildman–Crippen MR) is 67.8 cm³/mol. The highest BCUT2D eigenvalue weighted by Crippen LogP contribution is 2.27. The van der Waals surface area contributed by atoms with E-state index in [-0.39, 0.29) is 0 Å². The number of nitrogens with two attached hydrogens (primary N) is 1. The van der Waals surface area contributed by atoms with Crippen LogP contribution < -0.4 is 5.73 Å². The molecule has 3 rings (SSSR count). The highest BCUT2D eigenvalue weighted by atomic mass is 35.5. The van der Waals surface area contributed by atoms with Gasteiger partial charge in [-0.1, -0.05) is 29.8 Å². The van der Waals surface area contributed by atoms with Crippen molar-refractivity contribution in [2.45, 2.75) is 0 Å².